The number of hydrogen-bond donors (Lipinski definition) is 0. The van der Waals surface area contributed by atoms with Gasteiger partial charge < -0.3 is 14.4 Å². The van der Waals surface area contributed by atoms with E-state index >= 15 is 0 Å². The molecule has 2 aromatic rings. The molecule has 0 saturated heterocycles. The number of rotatable bonds is 8. The van der Waals surface area contributed by atoms with Crippen LogP contribution in [0, 0.1) is 0 Å². The van der Waals surface area contributed by atoms with Gasteiger partial charge in [0.1, 0.15) is 0 Å². The lowest BCUT2D eigenvalue weighted by molar-refractivity contribution is -0.129. The summed E-state index contributed by atoms with van der Waals surface area (Å²) in [5.74, 6) is 1.44. The van der Waals surface area contributed by atoms with Gasteiger partial charge in [-0.3, -0.25) is 4.79 Å². The van der Waals surface area contributed by atoms with Crippen LogP contribution in [0.15, 0.2) is 47.4 Å². The fourth-order valence-electron chi connectivity index (χ4n) is 2.56. The van der Waals surface area contributed by atoms with Crippen LogP contribution in [-0.4, -0.2) is 37.3 Å². The van der Waals surface area contributed by atoms with E-state index < -0.39 is 0 Å². The van der Waals surface area contributed by atoms with Crippen LogP contribution in [0.2, 0.25) is 5.02 Å². The number of carbonyl (C=O) groups excluding carboxylic acids is 1. The Labute approximate surface area is 164 Å². The molecule has 1 atom stereocenters. The van der Waals surface area contributed by atoms with Crippen molar-refractivity contribution in [2.45, 2.75) is 30.0 Å². The molecule has 2 aromatic carbocycles. The maximum atomic E-state index is 12.9. The third kappa shape index (κ3) is 5.32. The largest absolute Gasteiger partial charge is 0.493 e. The molecule has 0 radical (unpaired) electrons. The molecule has 1 amide bonds. The van der Waals surface area contributed by atoms with Gasteiger partial charge in [-0.25, -0.2) is 0 Å². The molecule has 140 valence electrons. The lowest BCUT2D eigenvalue weighted by Gasteiger charge is -2.23. The molecule has 0 aromatic heterocycles. The summed E-state index contributed by atoms with van der Waals surface area (Å²) in [7, 11) is 5.03. The average Bonchev–Trinajstić information content (AvgIpc) is 2.66. The summed E-state index contributed by atoms with van der Waals surface area (Å²) in [6.45, 7) is 2.53. The summed E-state index contributed by atoms with van der Waals surface area (Å²) in [6, 6.07) is 13.3. The predicted molar refractivity (Wildman–Crippen MR) is 107 cm³/mol. The van der Waals surface area contributed by atoms with Gasteiger partial charge in [0.05, 0.1) is 19.5 Å². The fraction of sp³-hybridized carbons (Fsp3) is 0.350. The summed E-state index contributed by atoms with van der Waals surface area (Å²) in [6.07, 6.45) is 0.752. The van der Waals surface area contributed by atoms with Crippen LogP contribution in [0.25, 0.3) is 0 Å². The predicted octanol–water partition coefficient (Wildman–Crippen LogP) is 4.89. The van der Waals surface area contributed by atoms with E-state index in [-0.39, 0.29) is 11.2 Å². The average molecular weight is 394 g/mol. The fourth-order valence-corrected chi connectivity index (χ4v) is 3.76. The van der Waals surface area contributed by atoms with Crippen molar-refractivity contribution < 1.29 is 14.3 Å². The van der Waals surface area contributed by atoms with Crippen LogP contribution in [-0.2, 0) is 11.3 Å². The van der Waals surface area contributed by atoms with Crippen LogP contribution in [0.4, 0.5) is 0 Å². The second-order valence-electron chi connectivity index (χ2n) is 5.85. The van der Waals surface area contributed by atoms with Gasteiger partial charge in [0.2, 0.25) is 5.91 Å². The second-order valence-corrected chi connectivity index (χ2v) is 7.56. The van der Waals surface area contributed by atoms with E-state index in [1.807, 2.05) is 56.4 Å². The molecule has 0 spiro atoms. The summed E-state index contributed by atoms with van der Waals surface area (Å²) in [5.41, 5.74) is 0.991. The number of benzene rings is 2. The summed E-state index contributed by atoms with van der Waals surface area (Å²) < 4.78 is 10.6. The molecule has 0 saturated carbocycles. The maximum absolute atomic E-state index is 12.9. The third-order valence-electron chi connectivity index (χ3n) is 3.98. The SMILES string of the molecule is CC[C@H](Sc1ccc(Cl)cc1)C(=O)N(C)Cc1ccc(OC)c(OC)c1. The monoisotopic (exact) mass is 393 g/mol. The lowest BCUT2D eigenvalue weighted by Crippen LogP contribution is -2.34. The minimum Gasteiger partial charge on any atom is -0.493 e. The normalized spacial score (nSPS) is 11.7. The third-order valence-corrected chi connectivity index (χ3v) is 5.60. The molecule has 0 bridgehead atoms. The zero-order chi connectivity index (χ0) is 19.1. The van der Waals surface area contributed by atoms with Crippen LogP contribution < -0.4 is 9.47 Å². The number of methoxy groups -OCH3 is 2. The van der Waals surface area contributed by atoms with Crippen molar-refractivity contribution >= 4 is 29.3 Å². The molecular weight excluding hydrogens is 370 g/mol. The Balaban J connectivity index is 2.05. The maximum Gasteiger partial charge on any atom is 0.236 e. The zero-order valence-electron chi connectivity index (χ0n) is 15.5. The highest BCUT2D eigenvalue weighted by atomic mass is 35.5. The summed E-state index contributed by atoms with van der Waals surface area (Å²) >= 11 is 7.49. The van der Waals surface area contributed by atoms with E-state index in [4.69, 9.17) is 21.1 Å². The van der Waals surface area contributed by atoms with Crippen molar-refractivity contribution in [3.8, 4) is 11.5 Å². The topological polar surface area (TPSA) is 38.8 Å². The van der Waals surface area contributed by atoms with Gasteiger partial charge in [0.15, 0.2) is 11.5 Å². The quantitative estimate of drug-likeness (QED) is 0.599. The zero-order valence-corrected chi connectivity index (χ0v) is 17.1. The van der Waals surface area contributed by atoms with E-state index in [9.17, 15) is 4.79 Å². The van der Waals surface area contributed by atoms with Crippen LogP contribution in [0.1, 0.15) is 18.9 Å². The van der Waals surface area contributed by atoms with Crippen molar-refractivity contribution in [3.63, 3.8) is 0 Å². The first-order chi connectivity index (χ1) is 12.5. The number of carbonyl (C=O) groups is 1. The Morgan fingerprint density at radius 3 is 2.35 bits per heavy atom. The van der Waals surface area contributed by atoms with Gasteiger partial charge in [-0.05, 0) is 48.4 Å². The van der Waals surface area contributed by atoms with E-state index in [1.165, 1.54) is 0 Å². The Kier molecular flexibility index (Phi) is 7.66. The Hall–Kier alpha value is -1.85. The van der Waals surface area contributed by atoms with E-state index in [0.29, 0.717) is 23.1 Å². The number of nitrogens with zero attached hydrogens (tertiary/aromatic N) is 1. The van der Waals surface area contributed by atoms with Gasteiger partial charge >= 0.3 is 0 Å². The van der Waals surface area contributed by atoms with Crippen molar-refractivity contribution in [1.29, 1.82) is 0 Å². The molecule has 0 unspecified atom stereocenters. The first-order valence-electron chi connectivity index (χ1n) is 8.36. The van der Waals surface area contributed by atoms with Gasteiger partial charge in [0, 0.05) is 23.5 Å². The molecule has 0 heterocycles. The van der Waals surface area contributed by atoms with Crippen LogP contribution in [0.5, 0.6) is 11.5 Å². The van der Waals surface area contributed by atoms with Crippen molar-refractivity contribution in [2.24, 2.45) is 0 Å². The Morgan fingerprint density at radius 1 is 1.12 bits per heavy atom. The minimum absolute atomic E-state index is 0.0993. The molecule has 6 heteroatoms. The summed E-state index contributed by atoms with van der Waals surface area (Å²) in [4.78, 5) is 15.6. The molecule has 26 heavy (non-hydrogen) atoms. The molecule has 0 aliphatic rings. The standard InChI is InChI=1S/C20H24ClNO3S/c1-5-19(26-16-9-7-15(21)8-10-16)20(23)22(2)13-14-6-11-17(24-3)18(12-14)25-4/h6-12,19H,5,13H2,1-4H3/t19-/m0/s1. The first-order valence-corrected chi connectivity index (χ1v) is 9.62. The molecule has 4 nitrogen and oxygen atoms in total. The highest BCUT2D eigenvalue weighted by Gasteiger charge is 2.22. The number of amides is 1. The Bertz CT molecular complexity index is 736. The molecule has 0 fully saturated rings. The molecule has 0 aliphatic carbocycles. The molecular formula is C20H24ClNO3S. The Morgan fingerprint density at radius 2 is 1.77 bits per heavy atom. The smallest absolute Gasteiger partial charge is 0.236 e. The number of halogens is 1. The van der Waals surface area contributed by atoms with Gasteiger partial charge in [0.25, 0.3) is 0 Å². The number of hydrogen-bond acceptors (Lipinski definition) is 4. The lowest BCUT2D eigenvalue weighted by atomic mass is 10.2. The van der Waals surface area contributed by atoms with Gasteiger partial charge in [-0.2, -0.15) is 0 Å². The van der Waals surface area contributed by atoms with E-state index in [2.05, 4.69) is 0 Å². The highest BCUT2D eigenvalue weighted by molar-refractivity contribution is 8.00. The van der Waals surface area contributed by atoms with Crippen LogP contribution in [0.3, 0.4) is 0 Å². The first kappa shape index (κ1) is 20.5. The summed E-state index contributed by atoms with van der Waals surface area (Å²) in [5, 5.41) is 0.556. The number of ether oxygens (including phenoxy) is 2. The highest BCUT2D eigenvalue weighted by Crippen LogP contribution is 2.30. The van der Waals surface area contributed by atoms with Crippen LogP contribution >= 0.6 is 23.4 Å². The number of thioether (sulfide) groups is 1. The molecule has 2 rings (SSSR count). The van der Waals surface area contributed by atoms with E-state index in [1.54, 1.807) is 30.9 Å². The van der Waals surface area contributed by atoms with Gasteiger partial charge in [-0.15, -0.1) is 11.8 Å². The molecule has 0 N–H and O–H groups in total. The van der Waals surface area contributed by atoms with Gasteiger partial charge in [-0.1, -0.05) is 24.6 Å². The molecule has 0 aliphatic heterocycles. The second kappa shape index (κ2) is 9.74. The minimum atomic E-state index is -0.138. The van der Waals surface area contributed by atoms with Crippen molar-refractivity contribution in [2.75, 3.05) is 21.3 Å². The van der Waals surface area contributed by atoms with Crippen molar-refractivity contribution in [1.82, 2.24) is 4.90 Å². The van der Waals surface area contributed by atoms with E-state index in [0.717, 1.165) is 16.9 Å². The van der Waals surface area contributed by atoms with Crippen molar-refractivity contribution in [3.05, 3.63) is 53.1 Å².